The molecule has 1 unspecified atom stereocenters. The number of amides is 1. The first-order valence-corrected chi connectivity index (χ1v) is 7.60. The average molecular weight is 349 g/mol. The van der Waals surface area contributed by atoms with Crippen LogP contribution in [-0.2, 0) is 9.53 Å². The minimum absolute atomic E-state index is 0.415. The summed E-state index contributed by atoms with van der Waals surface area (Å²) in [5.41, 5.74) is 0.742. The normalized spacial score (nSPS) is 12.6. The first-order chi connectivity index (χ1) is 11.3. The van der Waals surface area contributed by atoms with Gasteiger partial charge < -0.3 is 19.5 Å². The smallest absolute Gasteiger partial charge is 0.411 e. The van der Waals surface area contributed by atoms with Gasteiger partial charge in [-0.15, -0.1) is 0 Å². The van der Waals surface area contributed by atoms with Crippen LogP contribution in [0.15, 0.2) is 18.2 Å². The molecule has 0 heterocycles. The number of benzene rings is 1. The van der Waals surface area contributed by atoms with Crippen molar-refractivity contribution in [3.05, 3.63) is 23.8 Å². The SMILES string of the molecule is CCOc1ccc(C(C)NC(=O)COCC(F)(F)F)cc1OCC. The summed E-state index contributed by atoms with van der Waals surface area (Å²) in [7, 11) is 0. The molecule has 136 valence electrons. The van der Waals surface area contributed by atoms with Gasteiger partial charge in [0.05, 0.1) is 19.3 Å². The maximum Gasteiger partial charge on any atom is 0.411 e. The van der Waals surface area contributed by atoms with Crippen LogP contribution in [0.25, 0.3) is 0 Å². The quantitative estimate of drug-likeness (QED) is 0.744. The molecule has 0 aliphatic rings. The zero-order valence-electron chi connectivity index (χ0n) is 13.9. The topological polar surface area (TPSA) is 56.8 Å². The summed E-state index contributed by atoms with van der Waals surface area (Å²) in [4.78, 5) is 11.6. The second kappa shape index (κ2) is 9.36. The average Bonchev–Trinajstić information content (AvgIpc) is 2.48. The Hall–Kier alpha value is -1.96. The van der Waals surface area contributed by atoms with Crippen molar-refractivity contribution in [1.29, 1.82) is 0 Å². The number of rotatable bonds is 9. The fraction of sp³-hybridized carbons (Fsp3) is 0.562. The van der Waals surface area contributed by atoms with E-state index in [0.29, 0.717) is 24.7 Å². The van der Waals surface area contributed by atoms with Crippen molar-refractivity contribution in [3.8, 4) is 11.5 Å². The van der Waals surface area contributed by atoms with Crippen LogP contribution in [0.3, 0.4) is 0 Å². The van der Waals surface area contributed by atoms with Gasteiger partial charge in [-0.1, -0.05) is 6.07 Å². The zero-order valence-corrected chi connectivity index (χ0v) is 13.9. The second-order valence-electron chi connectivity index (χ2n) is 4.97. The molecule has 8 heteroatoms. The molecule has 1 N–H and O–H groups in total. The van der Waals surface area contributed by atoms with E-state index in [4.69, 9.17) is 9.47 Å². The molecule has 1 atom stereocenters. The number of carbonyl (C=O) groups is 1. The van der Waals surface area contributed by atoms with Crippen LogP contribution in [0.4, 0.5) is 13.2 Å². The van der Waals surface area contributed by atoms with Gasteiger partial charge in [-0.2, -0.15) is 13.2 Å². The molecule has 0 spiro atoms. The number of halogens is 3. The maximum atomic E-state index is 12.0. The second-order valence-corrected chi connectivity index (χ2v) is 4.97. The molecule has 24 heavy (non-hydrogen) atoms. The van der Waals surface area contributed by atoms with Gasteiger partial charge in [0.2, 0.25) is 5.91 Å². The largest absolute Gasteiger partial charge is 0.490 e. The van der Waals surface area contributed by atoms with E-state index in [9.17, 15) is 18.0 Å². The van der Waals surface area contributed by atoms with Gasteiger partial charge >= 0.3 is 6.18 Å². The molecular weight excluding hydrogens is 327 g/mol. The van der Waals surface area contributed by atoms with Crippen molar-refractivity contribution in [1.82, 2.24) is 5.32 Å². The molecule has 0 saturated heterocycles. The predicted molar refractivity (Wildman–Crippen MR) is 82.2 cm³/mol. The standard InChI is InChI=1S/C16H22F3NO4/c1-4-23-13-7-6-12(8-14(13)24-5-2)11(3)20-15(21)9-22-10-16(17,18)19/h6-8,11H,4-5,9-10H2,1-3H3,(H,20,21). The molecule has 0 fully saturated rings. The molecule has 0 radical (unpaired) electrons. The third-order valence-corrected chi connectivity index (χ3v) is 2.94. The molecule has 1 aromatic rings. The number of alkyl halides is 3. The third kappa shape index (κ3) is 7.08. The molecule has 1 rings (SSSR count). The highest BCUT2D eigenvalue weighted by Crippen LogP contribution is 2.30. The molecule has 0 aliphatic heterocycles. The fourth-order valence-corrected chi connectivity index (χ4v) is 1.96. The van der Waals surface area contributed by atoms with Gasteiger partial charge in [0.25, 0.3) is 0 Å². The number of carbonyl (C=O) groups excluding carboxylic acids is 1. The summed E-state index contributed by atoms with van der Waals surface area (Å²) in [6.07, 6.45) is -4.45. The Morgan fingerprint density at radius 1 is 1.17 bits per heavy atom. The number of ether oxygens (including phenoxy) is 3. The first kappa shape index (κ1) is 20.1. The third-order valence-electron chi connectivity index (χ3n) is 2.94. The Kier molecular flexibility index (Phi) is 7.84. The van der Waals surface area contributed by atoms with Gasteiger partial charge in [0, 0.05) is 0 Å². The Bertz CT molecular complexity index is 535. The molecule has 0 aromatic heterocycles. The van der Waals surface area contributed by atoms with Gasteiger partial charge in [0.1, 0.15) is 13.2 Å². The number of hydrogen-bond acceptors (Lipinski definition) is 4. The van der Waals surface area contributed by atoms with E-state index >= 15 is 0 Å². The summed E-state index contributed by atoms with van der Waals surface area (Å²) in [6, 6.07) is 4.80. The van der Waals surface area contributed by atoms with Crippen molar-refractivity contribution in [2.45, 2.75) is 33.0 Å². The maximum absolute atomic E-state index is 12.0. The Labute approximate surface area is 139 Å². The van der Waals surface area contributed by atoms with Gasteiger partial charge in [-0.05, 0) is 38.5 Å². The zero-order chi connectivity index (χ0) is 18.2. The first-order valence-electron chi connectivity index (χ1n) is 7.60. The van der Waals surface area contributed by atoms with E-state index in [-0.39, 0.29) is 0 Å². The molecule has 0 bridgehead atoms. The summed E-state index contributed by atoms with van der Waals surface area (Å²) >= 11 is 0. The Morgan fingerprint density at radius 2 is 1.79 bits per heavy atom. The predicted octanol–water partition coefficient (Wildman–Crippen LogP) is 3.24. The highest BCUT2D eigenvalue weighted by molar-refractivity contribution is 5.77. The summed E-state index contributed by atoms with van der Waals surface area (Å²) < 4.78 is 51.2. The van der Waals surface area contributed by atoms with E-state index < -0.39 is 31.3 Å². The lowest BCUT2D eigenvalue weighted by atomic mass is 10.1. The lowest BCUT2D eigenvalue weighted by Crippen LogP contribution is -2.31. The van der Waals surface area contributed by atoms with Crippen molar-refractivity contribution in [2.75, 3.05) is 26.4 Å². The highest BCUT2D eigenvalue weighted by atomic mass is 19.4. The van der Waals surface area contributed by atoms with Crippen LogP contribution in [0.5, 0.6) is 11.5 Å². The minimum atomic E-state index is -4.45. The van der Waals surface area contributed by atoms with Crippen LogP contribution in [0.1, 0.15) is 32.4 Å². The molecule has 1 aromatic carbocycles. The van der Waals surface area contributed by atoms with Crippen LogP contribution in [0.2, 0.25) is 0 Å². The summed E-state index contributed by atoms with van der Waals surface area (Å²) in [6.45, 7) is 4.25. The minimum Gasteiger partial charge on any atom is -0.490 e. The van der Waals surface area contributed by atoms with Crippen molar-refractivity contribution < 1.29 is 32.2 Å². The van der Waals surface area contributed by atoms with Crippen molar-refractivity contribution >= 4 is 5.91 Å². The fourth-order valence-electron chi connectivity index (χ4n) is 1.96. The van der Waals surface area contributed by atoms with Crippen LogP contribution in [-0.4, -0.2) is 38.5 Å². The van der Waals surface area contributed by atoms with Crippen molar-refractivity contribution in [2.24, 2.45) is 0 Å². The van der Waals surface area contributed by atoms with Crippen molar-refractivity contribution in [3.63, 3.8) is 0 Å². The van der Waals surface area contributed by atoms with E-state index in [2.05, 4.69) is 10.1 Å². The molecule has 0 aliphatic carbocycles. The van der Waals surface area contributed by atoms with E-state index in [1.165, 1.54) is 0 Å². The van der Waals surface area contributed by atoms with Gasteiger partial charge in [-0.25, -0.2) is 0 Å². The number of hydrogen-bond donors (Lipinski definition) is 1. The Balaban J connectivity index is 2.64. The lowest BCUT2D eigenvalue weighted by Gasteiger charge is -2.17. The number of nitrogens with one attached hydrogen (secondary N) is 1. The summed E-state index contributed by atoms with van der Waals surface area (Å²) in [5, 5.41) is 2.58. The van der Waals surface area contributed by atoms with E-state index in [0.717, 1.165) is 5.56 Å². The Morgan fingerprint density at radius 3 is 2.38 bits per heavy atom. The summed E-state index contributed by atoms with van der Waals surface area (Å²) in [5.74, 6) is 0.514. The monoisotopic (exact) mass is 349 g/mol. The highest BCUT2D eigenvalue weighted by Gasteiger charge is 2.27. The molecule has 0 saturated carbocycles. The molecule has 5 nitrogen and oxygen atoms in total. The molecular formula is C16H22F3NO4. The lowest BCUT2D eigenvalue weighted by molar-refractivity contribution is -0.175. The van der Waals surface area contributed by atoms with Gasteiger partial charge in [-0.3, -0.25) is 4.79 Å². The van der Waals surface area contributed by atoms with Gasteiger partial charge in [0.15, 0.2) is 11.5 Å². The van der Waals surface area contributed by atoms with Crippen LogP contribution >= 0.6 is 0 Å². The van der Waals surface area contributed by atoms with E-state index in [1.807, 2.05) is 13.8 Å². The van der Waals surface area contributed by atoms with Crippen LogP contribution < -0.4 is 14.8 Å². The van der Waals surface area contributed by atoms with Crippen LogP contribution in [0, 0.1) is 0 Å². The van der Waals surface area contributed by atoms with E-state index in [1.54, 1.807) is 25.1 Å². The molecule has 1 amide bonds.